The number of H-pyrrole nitrogens is 1. The number of hydrazone groups is 1. The second kappa shape index (κ2) is 8.85. The normalized spacial score (nSPS) is 10.7. The zero-order valence-electron chi connectivity index (χ0n) is 15.2. The van der Waals surface area contributed by atoms with E-state index in [-0.39, 0.29) is 10.3 Å². The van der Waals surface area contributed by atoms with E-state index in [1.807, 2.05) is 6.07 Å². The van der Waals surface area contributed by atoms with Crippen LogP contribution in [0.25, 0.3) is 5.69 Å². The maximum absolute atomic E-state index is 12.2. The molecule has 0 aliphatic carbocycles. The highest BCUT2D eigenvalue weighted by Crippen LogP contribution is 2.22. The molecular weight excluding hydrogens is 394 g/mol. The van der Waals surface area contributed by atoms with Gasteiger partial charge in [0.15, 0.2) is 4.77 Å². The van der Waals surface area contributed by atoms with Gasteiger partial charge < -0.3 is 15.2 Å². The number of amides is 2. The van der Waals surface area contributed by atoms with Crippen LogP contribution in [0.3, 0.4) is 0 Å². The Balaban J connectivity index is 1.86. The number of nitrogens with one attached hydrogen (secondary N) is 3. The molecule has 0 saturated carbocycles. The Morgan fingerprint density at radius 3 is 2.72 bits per heavy atom. The summed E-state index contributed by atoms with van der Waals surface area (Å²) in [7, 11) is 1.51. The van der Waals surface area contributed by atoms with Gasteiger partial charge in [-0.25, -0.2) is 10.2 Å². The number of benzene rings is 2. The third-order valence-corrected chi connectivity index (χ3v) is 4.11. The van der Waals surface area contributed by atoms with Crippen LogP contribution in [0.1, 0.15) is 5.56 Å². The van der Waals surface area contributed by atoms with Gasteiger partial charge in [-0.15, -0.1) is 0 Å². The molecule has 9 nitrogen and oxygen atoms in total. The lowest BCUT2D eigenvalue weighted by molar-refractivity contribution is 0.252. The number of urea groups is 1. The minimum Gasteiger partial charge on any atom is -0.497 e. The highest BCUT2D eigenvalue weighted by atomic mass is 32.1. The van der Waals surface area contributed by atoms with E-state index in [1.165, 1.54) is 11.7 Å². The maximum Gasteiger partial charge on any atom is 0.339 e. The molecule has 0 aliphatic rings. The van der Waals surface area contributed by atoms with Crippen LogP contribution >= 0.6 is 12.2 Å². The standard InChI is InChI=1S/C19H17N5O4S/c1-28-14-9-5-8-13(10-14)24-17(26)15(16(25)22-19(24)29)11-20-23-18(27)21-12-6-3-2-4-7-12/h2-11,26H,1H3,(H2,21,23,27)(H,22,25,29)/b20-11+. The molecule has 29 heavy (non-hydrogen) atoms. The number of aromatic hydroxyl groups is 1. The second-order valence-corrected chi connectivity index (χ2v) is 6.11. The molecule has 1 heterocycles. The zero-order chi connectivity index (χ0) is 20.8. The van der Waals surface area contributed by atoms with Crippen molar-refractivity contribution in [3.63, 3.8) is 0 Å². The van der Waals surface area contributed by atoms with Gasteiger partial charge >= 0.3 is 6.03 Å². The molecule has 3 rings (SSSR count). The Bertz CT molecular complexity index is 1170. The van der Waals surface area contributed by atoms with Crippen LogP contribution in [0.5, 0.6) is 11.6 Å². The van der Waals surface area contributed by atoms with Crippen molar-refractivity contribution in [2.24, 2.45) is 5.10 Å². The molecule has 3 aromatic rings. The average molecular weight is 411 g/mol. The van der Waals surface area contributed by atoms with E-state index in [4.69, 9.17) is 17.0 Å². The lowest BCUT2D eigenvalue weighted by Gasteiger charge is -2.12. The molecule has 0 fully saturated rings. The lowest BCUT2D eigenvalue weighted by Crippen LogP contribution is -2.25. The molecule has 0 bridgehead atoms. The summed E-state index contributed by atoms with van der Waals surface area (Å²) in [5.74, 6) is 0.116. The van der Waals surface area contributed by atoms with E-state index in [1.54, 1.807) is 48.5 Å². The fourth-order valence-electron chi connectivity index (χ4n) is 2.48. The summed E-state index contributed by atoms with van der Waals surface area (Å²) in [4.78, 5) is 26.5. The van der Waals surface area contributed by atoms with Gasteiger partial charge in [0, 0.05) is 11.8 Å². The predicted molar refractivity (Wildman–Crippen MR) is 112 cm³/mol. The first-order valence-electron chi connectivity index (χ1n) is 8.37. The topological polar surface area (TPSA) is 121 Å². The number of ether oxygens (including phenoxy) is 1. The van der Waals surface area contributed by atoms with Crippen molar-refractivity contribution in [2.75, 3.05) is 12.4 Å². The summed E-state index contributed by atoms with van der Waals surface area (Å²) in [6.07, 6.45) is 1.03. The van der Waals surface area contributed by atoms with Gasteiger partial charge in [0.2, 0.25) is 5.88 Å². The van der Waals surface area contributed by atoms with Gasteiger partial charge in [-0.05, 0) is 36.5 Å². The first kappa shape index (κ1) is 19.8. The molecule has 10 heteroatoms. The van der Waals surface area contributed by atoms with E-state index < -0.39 is 17.5 Å². The Morgan fingerprint density at radius 1 is 1.24 bits per heavy atom. The van der Waals surface area contributed by atoms with Crippen LogP contribution < -0.4 is 21.0 Å². The molecule has 0 spiro atoms. The number of methoxy groups -OCH3 is 1. The van der Waals surface area contributed by atoms with Crippen molar-refractivity contribution in [1.82, 2.24) is 15.0 Å². The van der Waals surface area contributed by atoms with Crippen molar-refractivity contribution >= 4 is 30.2 Å². The summed E-state index contributed by atoms with van der Waals surface area (Å²) in [5, 5.41) is 16.9. The number of aromatic amines is 1. The van der Waals surface area contributed by atoms with Gasteiger partial charge in [-0.1, -0.05) is 24.3 Å². The van der Waals surface area contributed by atoms with Crippen LogP contribution in [0.15, 0.2) is 64.5 Å². The molecule has 2 amide bonds. The minimum atomic E-state index is -0.652. The van der Waals surface area contributed by atoms with Crippen molar-refractivity contribution < 1.29 is 14.6 Å². The number of para-hydroxylation sites is 1. The fourth-order valence-corrected chi connectivity index (χ4v) is 2.76. The Labute approximate surface area is 170 Å². The second-order valence-electron chi connectivity index (χ2n) is 5.72. The van der Waals surface area contributed by atoms with Crippen LogP contribution in [-0.4, -0.2) is 34.0 Å². The van der Waals surface area contributed by atoms with Gasteiger partial charge in [-0.3, -0.25) is 14.3 Å². The average Bonchev–Trinajstić information content (AvgIpc) is 2.71. The Kier molecular flexibility index (Phi) is 6.05. The van der Waals surface area contributed by atoms with Gasteiger partial charge in [0.25, 0.3) is 5.56 Å². The highest BCUT2D eigenvalue weighted by molar-refractivity contribution is 7.71. The largest absolute Gasteiger partial charge is 0.497 e. The molecule has 0 radical (unpaired) electrons. The predicted octanol–water partition coefficient (Wildman–Crippen LogP) is 2.76. The third kappa shape index (κ3) is 4.68. The number of hydrogen-bond donors (Lipinski definition) is 4. The minimum absolute atomic E-state index is 0.00678. The number of aromatic nitrogens is 2. The molecule has 0 unspecified atom stereocenters. The maximum atomic E-state index is 12.2. The first-order valence-corrected chi connectivity index (χ1v) is 8.78. The summed E-state index contributed by atoms with van der Waals surface area (Å²) >= 11 is 5.16. The SMILES string of the molecule is COc1cccc(-n2c(O)c(/C=N/NC(=O)Nc3ccccc3)c(=O)[nH]c2=S)c1. The van der Waals surface area contributed by atoms with Gasteiger partial charge in [0.1, 0.15) is 11.3 Å². The quantitative estimate of drug-likeness (QED) is 0.292. The molecular formula is C19H17N5O4S. The van der Waals surface area contributed by atoms with Gasteiger partial charge in [-0.2, -0.15) is 5.10 Å². The molecule has 0 aliphatic heterocycles. The van der Waals surface area contributed by atoms with Crippen molar-refractivity contribution in [3.8, 4) is 17.3 Å². The molecule has 148 valence electrons. The van der Waals surface area contributed by atoms with E-state index >= 15 is 0 Å². The number of carbonyl (C=O) groups is 1. The molecule has 4 N–H and O–H groups in total. The Hall–Kier alpha value is -3.92. The zero-order valence-corrected chi connectivity index (χ0v) is 16.1. The summed E-state index contributed by atoms with van der Waals surface area (Å²) in [5.41, 5.74) is 2.45. The van der Waals surface area contributed by atoms with Crippen molar-refractivity contribution in [1.29, 1.82) is 0 Å². The van der Waals surface area contributed by atoms with Crippen LogP contribution in [0, 0.1) is 4.77 Å². The fraction of sp³-hybridized carbons (Fsp3) is 0.0526. The third-order valence-electron chi connectivity index (χ3n) is 3.82. The van der Waals surface area contributed by atoms with Crippen molar-refractivity contribution in [2.45, 2.75) is 0 Å². The van der Waals surface area contributed by atoms with Crippen LogP contribution in [-0.2, 0) is 0 Å². The van der Waals surface area contributed by atoms with Crippen LogP contribution in [0.2, 0.25) is 0 Å². The van der Waals surface area contributed by atoms with Crippen LogP contribution in [0.4, 0.5) is 10.5 Å². The van der Waals surface area contributed by atoms with E-state index in [0.717, 1.165) is 6.21 Å². The summed E-state index contributed by atoms with van der Waals surface area (Å²) in [6, 6.07) is 14.9. The van der Waals surface area contributed by atoms with E-state index in [0.29, 0.717) is 17.1 Å². The number of anilines is 1. The Morgan fingerprint density at radius 2 is 2.00 bits per heavy atom. The summed E-state index contributed by atoms with van der Waals surface area (Å²) in [6.45, 7) is 0. The number of nitrogens with zero attached hydrogens (tertiary/aromatic N) is 2. The molecule has 0 saturated heterocycles. The highest BCUT2D eigenvalue weighted by Gasteiger charge is 2.13. The number of rotatable bonds is 5. The van der Waals surface area contributed by atoms with Crippen molar-refractivity contribution in [3.05, 3.63) is 75.3 Å². The lowest BCUT2D eigenvalue weighted by atomic mass is 10.2. The molecule has 2 aromatic carbocycles. The monoisotopic (exact) mass is 411 g/mol. The number of hydrogen-bond acceptors (Lipinski definition) is 6. The molecule has 1 aromatic heterocycles. The first-order chi connectivity index (χ1) is 14.0. The number of carbonyl (C=O) groups excluding carboxylic acids is 1. The van der Waals surface area contributed by atoms with E-state index in [9.17, 15) is 14.7 Å². The molecule has 0 atom stereocenters. The smallest absolute Gasteiger partial charge is 0.339 e. The van der Waals surface area contributed by atoms with E-state index in [2.05, 4.69) is 20.8 Å². The summed E-state index contributed by atoms with van der Waals surface area (Å²) < 4.78 is 6.42. The van der Waals surface area contributed by atoms with Gasteiger partial charge in [0.05, 0.1) is 19.0 Å².